The van der Waals surface area contributed by atoms with Crippen LogP contribution in [0.5, 0.6) is 0 Å². The number of rotatable bonds is 13. The van der Waals surface area contributed by atoms with Gasteiger partial charge < -0.3 is 14.7 Å². The first-order valence-corrected chi connectivity index (χ1v) is 13.1. The normalized spacial score (nSPS) is 19.1. The smallest absolute Gasteiger partial charge is 0.348 e. The van der Waals surface area contributed by atoms with Crippen LogP contribution in [0.2, 0.25) is 0 Å². The van der Waals surface area contributed by atoms with E-state index in [9.17, 15) is 23.5 Å². The number of ether oxygens (including phenoxy) is 1. The Morgan fingerprint density at radius 1 is 1.17 bits per heavy atom. The minimum atomic E-state index is -3.35. The van der Waals surface area contributed by atoms with Gasteiger partial charge in [0, 0.05) is 23.9 Å². The molecule has 1 aromatic carbocycles. The molecule has 1 N–H and O–H groups in total. The van der Waals surface area contributed by atoms with Crippen LogP contribution in [0, 0.1) is 5.92 Å². The second-order valence-corrected chi connectivity index (χ2v) is 10.6. The second-order valence-electron chi connectivity index (χ2n) is 9.42. The number of carbonyl (C=O) groups excluding carboxylic acids is 2. The molecule has 0 radical (unpaired) electrons. The van der Waals surface area contributed by atoms with Crippen molar-refractivity contribution in [1.82, 2.24) is 4.90 Å². The predicted molar refractivity (Wildman–Crippen MR) is 133 cm³/mol. The monoisotopic (exact) mass is 507 g/mol. The number of nitrogens with zero attached hydrogens (tertiary/aromatic N) is 1. The van der Waals surface area contributed by atoms with E-state index in [4.69, 9.17) is 4.74 Å². The van der Waals surface area contributed by atoms with Crippen LogP contribution in [0.3, 0.4) is 0 Å². The summed E-state index contributed by atoms with van der Waals surface area (Å²) in [6, 6.07) is 13.1. The minimum absolute atomic E-state index is 0.0626. The summed E-state index contributed by atoms with van der Waals surface area (Å²) < 4.78 is 33.2. The van der Waals surface area contributed by atoms with Gasteiger partial charge in [-0.25, -0.2) is 4.79 Å². The highest BCUT2D eigenvalue weighted by atomic mass is 32.1. The predicted octanol–water partition coefficient (Wildman–Crippen LogP) is 5.50. The zero-order valence-electron chi connectivity index (χ0n) is 20.4. The number of aliphatic hydroxyl groups is 1. The molecule has 0 aliphatic carbocycles. The lowest BCUT2D eigenvalue weighted by molar-refractivity contribution is -0.148. The first-order valence-electron chi connectivity index (χ1n) is 12.3. The van der Waals surface area contributed by atoms with Gasteiger partial charge in [0.1, 0.15) is 4.88 Å². The minimum Gasteiger partial charge on any atom is -0.465 e. The maximum absolute atomic E-state index is 14.2. The van der Waals surface area contributed by atoms with Crippen LogP contribution in [0.1, 0.15) is 65.6 Å². The van der Waals surface area contributed by atoms with Crippen molar-refractivity contribution in [2.45, 2.75) is 76.4 Å². The average Bonchev–Trinajstić information content (AvgIpc) is 3.40. The van der Waals surface area contributed by atoms with Gasteiger partial charge in [0.25, 0.3) is 5.91 Å². The number of hydrogen-bond acceptors (Lipinski definition) is 5. The number of alkyl halides is 2. The fourth-order valence-corrected chi connectivity index (χ4v) is 5.64. The molecule has 1 aliphatic heterocycles. The summed E-state index contributed by atoms with van der Waals surface area (Å²) >= 11 is 1.31. The van der Waals surface area contributed by atoms with E-state index in [-0.39, 0.29) is 12.5 Å². The van der Waals surface area contributed by atoms with Gasteiger partial charge in [0.05, 0.1) is 13.2 Å². The van der Waals surface area contributed by atoms with Crippen LogP contribution >= 0.6 is 11.3 Å². The number of esters is 1. The Kier molecular flexibility index (Phi) is 9.80. The molecule has 0 unspecified atom stereocenters. The van der Waals surface area contributed by atoms with Crippen molar-refractivity contribution >= 4 is 23.2 Å². The number of thiophene rings is 1. The van der Waals surface area contributed by atoms with Gasteiger partial charge in [0.15, 0.2) is 0 Å². The molecule has 35 heavy (non-hydrogen) atoms. The van der Waals surface area contributed by atoms with Crippen LogP contribution in [0.25, 0.3) is 0 Å². The molecule has 1 fully saturated rings. The van der Waals surface area contributed by atoms with E-state index in [0.717, 1.165) is 24.1 Å². The molecular formula is C27H35F2NO4S. The topological polar surface area (TPSA) is 66.8 Å². The molecule has 2 aromatic rings. The largest absolute Gasteiger partial charge is 0.465 e. The van der Waals surface area contributed by atoms with Crippen molar-refractivity contribution in [3.05, 3.63) is 57.8 Å². The molecule has 3 rings (SSSR count). The number of benzene rings is 1. The van der Waals surface area contributed by atoms with Gasteiger partial charge in [0.2, 0.25) is 0 Å². The van der Waals surface area contributed by atoms with Crippen LogP contribution in [-0.2, 0) is 22.4 Å². The zero-order valence-corrected chi connectivity index (χ0v) is 21.2. The summed E-state index contributed by atoms with van der Waals surface area (Å²) in [4.78, 5) is 26.7. The summed E-state index contributed by atoms with van der Waals surface area (Å²) in [5, 5.41) is 10.6. The maximum Gasteiger partial charge on any atom is 0.348 e. The Labute approximate surface area is 210 Å². The van der Waals surface area contributed by atoms with E-state index < -0.39 is 36.4 Å². The van der Waals surface area contributed by atoms with Gasteiger partial charge >= 0.3 is 11.9 Å². The van der Waals surface area contributed by atoms with Gasteiger partial charge in [-0.2, -0.15) is 8.78 Å². The van der Waals surface area contributed by atoms with Crippen LogP contribution in [0.15, 0.2) is 42.5 Å². The van der Waals surface area contributed by atoms with Crippen molar-refractivity contribution < 1.29 is 28.2 Å². The third kappa shape index (κ3) is 7.58. The SMILES string of the molecule is COC(=O)c1ccc(CCCN2C(=O)C(F)(F)C[C@@H]2CC[C@@H](O)[C@H](C)CCCc2ccccc2)s1. The highest BCUT2D eigenvalue weighted by Crippen LogP contribution is 2.36. The summed E-state index contributed by atoms with van der Waals surface area (Å²) in [5.74, 6) is -4.80. The number of hydrogen-bond donors (Lipinski definition) is 1. The fourth-order valence-electron chi connectivity index (χ4n) is 4.67. The van der Waals surface area contributed by atoms with Crippen molar-refractivity contribution in [2.75, 3.05) is 13.7 Å². The molecule has 192 valence electrons. The van der Waals surface area contributed by atoms with Crippen LogP contribution in [-0.4, -0.2) is 53.6 Å². The van der Waals surface area contributed by atoms with Crippen molar-refractivity contribution in [1.29, 1.82) is 0 Å². The quantitative estimate of drug-likeness (QED) is 0.364. The Morgan fingerprint density at radius 2 is 1.91 bits per heavy atom. The van der Waals surface area contributed by atoms with E-state index >= 15 is 0 Å². The Morgan fingerprint density at radius 3 is 2.63 bits per heavy atom. The van der Waals surface area contributed by atoms with E-state index in [1.54, 1.807) is 6.07 Å². The molecule has 0 spiro atoms. The first-order chi connectivity index (χ1) is 16.7. The lowest BCUT2D eigenvalue weighted by Crippen LogP contribution is -2.37. The molecule has 1 saturated heterocycles. The van der Waals surface area contributed by atoms with Gasteiger partial charge in [-0.15, -0.1) is 11.3 Å². The van der Waals surface area contributed by atoms with Crippen molar-refractivity contribution in [3.63, 3.8) is 0 Å². The summed E-state index contributed by atoms with van der Waals surface area (Å²) in [5.41, 5.74) is 1.26. The van der Waals surface area contributed by atoms with Gasteiger partial charge in [-0.1, -0.05) is 37.3 Å². The van der Waals surface area contributed by atoms with Crippen molar-refractivity contribution in [2.24, 2.45) is 5.92 Å². The third-order valence-corrected chi connectivity index (χ3v) is 7.92. The van der Waals surface area contributed by atoms with E-state index in [2.05, 4.69) is 12.1 Å². The van der Waals surface area contributed by atoms with Gasteiger partial charge in [-0.3, -0.25) is 4.79 Å². The molecule has 2 heterocycles. The number of amides is 1. The van der Waals surface area contributed by atoms with Crippen molar-refractivity contribution in [3.8, 4) is 0 Å². The Bertz CT molecular complexity index is 965. The zero-order chi connectivity index (χ0) is 25.4. The Balaban J connectivity index is 1.46. The maximum atomic E-state index is 14.2. The highest BCUT2D eigenvalue weighted by molar-refractivity contribution is 7.13. The third-order valence-electron chi connectivity index (χ3n) is 6.80. The first kappa shape index (κ1) is 27.3. The molecule has 3 atom stereocenters. The van der Waals surface area contributed by atoms with Crippen LogP contribution < -0.4 is 0 Å². The number of aliphatic hydroxyl groups excluding tert-OH is 1. The Hall–Kier alpha value is -2.32. The van der Waals surface area contributed by atoms with E-state index in [1.165, 1.54) is 28.9 Å². The summed E-state index contributed by atoms with van der Waals surface area (Å²) in [6.07, 6.45) is 3.54. The second kappa shape index (κ2) is 12.6. The van der Waals surface area contributed by atoms with E-state index in [1.807, 2.05) is 31.2 Å². The highest BCUT2D eigenvalue weighted by Gasteiger charge is 2.52. The number of aryl methyl sites for hydroxylation is 2. The number of carbonyl (C=O) groups is 2. The summed E-state index contributed by atoms with van der Waals surface area (Å²) in [6.45, 7) is 2.22. The van der Waals surface area contributed by atoms with E-state index in [0.29, 0.717) is 30.6 Å². The molecular weight excluding hydrogens is 472 g/mol. The molecule has 1 aliphatic rings. The molecule has 0 saturated carbocycles. The molecule has 1 aromatic heterocycles. The average molecular weight is 508 g/mol. The molecule has 0 bridgehead atoms. The number of halogens is 2. The summed E-state index contributed by atoms with van der Waals surface area (Å²) in [7, 11) is 1.32. The number of methoxy groups -OCH3 is 1. The van der Waals surface area contributed by atoms with Crippen LogP contribution in [0.4, 0.5) is 8.78 Å². The van der Waals surface area contributed by atoms with Gasteiger partial charge in [-0.05, 0) is 68.6 Å². The lowest BCUT2D eigenvalue weighted by atomic mass is 9.92. The molecule has 5 nitrogen and oxygen atoms in total. The number of likely N-dealkylation sites (tertiary alicyclic amines) is 1. The fraction of sp³-hybridized carbons (Fsp3) is 0.556. The lowest BCUT2D eigenvalue weighted by Gasteiger charge is -2.26. The standard InChI is InChI=1S/C27H35F2NO4S/c1-19(8-6-11-20-9-4-3-5-10-20)23(31)15-13-21-18-27(28,29)26(33)30(21)17-7-12-22-14-16-24(35-22)25(32)34-2/h3-5,9-10,14,16,19,21,23,31H,6-8,11-13,15,17-18H2,1-2H3/t19-,21+,23-/m1/s1. The molecule has 1 amide bonds. The molecule has 8 heteroatoms.